The smallest absolute Gasteiger partial charge is 0.433 e. The van der Waals surface area contributed by atoms with E-state index in [4.69, 9.17) is 0 Å². The first-order valence-corrected chi connectivity index (χ1v) is 8.79. The Balaban J connectivity index is 1.97. The Bertz CT molecular complexity index is 1040. The maximum absolute atomic E-state index is 13.6. The molecular weight excluding hydrogens is 399 g/mol. The number of carboxylic acid groups (broad SMARTS) is 1. The van der Waals surface area contributed by atoms with Gasteiger partial charge in [0, 0.05) is 12.0 Å². The van der Waals surface area contributed by atoms with Gasteiger partial charge in [-0.2, -0.15) is 18.3 Å². The van der Waals surface area contributed by atoms with Gasteiger partial charge < -0.3 is 5.11 Å². The van der Waals surface area contributed by atoms with Crippen LogP contribution in [0.25, 0.3) is 0 Å². The number of aliphatic imine (C=N–C) groups is 1. The monoisotopic (exact) mass is 415 g/mol. The van der Waals surface area contributed by atoms with Crippen LogP contribution in [0.3, 0.4) is 0 Å². The first-order chi connectivity index (χ1) is 14.3. The highest BCUT2D eigenvalue weighted by Crippen LogP contribution is 2.31. The number of rotatable bonds is 6. The molecule has 2 aromatic carbocycles. The summed E-state index contributed by atoms with van der Waals surface area (Å²) in [6.07, 6.45) is -3.71. The number of allylic oxidation sites excluding steroid dienone is 2. The van der Waals surface area contributed by atoms with Crippen LogP contribution in [0.4, 0.5) is 13.2 Å². The zero-order valence-corrected chi connectivity index (χ0v) is 15.5. The van der Waals surface area contributed by atoms with Crippen LogP contribution in [0.1, 0.15) is 21.5 Å². The summed E-state index contributed by atoms with van der Waals surface area (Å²) in [5, 5.41) is 13.7. The number of carboxylic acids is 1. The summed E-state index contributed by atoms with van der Waals surface area (Å²) < 4.78 is 40.9. The molecule has 2 aromatic rings. The number of carbonyl (C=O) groups is 2. The summed E-state index contributed by atoms with van der Waals surface area (Å²) in [5.41, 5.74) is -0.465. The number of alkyl halides is 3. The molecule has 154 valence electrons. The third-order valence-electron chi connectivity index (χ3n) is 4.31. The Kier molecular flexibility index (Phi) is 6.10. The summed E-state index contributed by atoms with van der Waals surface area (Å²) in [7, 11) is 0. The molecule has 1 aliphatic heterocycles. The number of hydrogen-bond acceptors (Lipinski definition) is 5. The van der Waals surface area contributed by atoms with Crippen LogP contribution in [0.2, 0.25) is 0 Å². The summed E-state index contributed by atoms with van der Waals surface area (Å²) in [6.45, 7) is -0.498. The summed E-state index contributed by atoms with van der Waals surface area (Å²) in [5.74, 6) is -1.49. The van der Waals surface area contributed by atoms with Crippen molar-refractivity contribution in [1.82, 2.24) is 5.01 Å². The van der Waals surface area contributed by atoms with Crippen molar-refractivity contribution in [2.45, 2.75) is 12.6 Å². The molecule has 0 amide bonds. The van der Waals surface area contributed by atoms with Gasteiger partial charge in [-0.15, -0.1) is 0 Å². The molecule has 0 unspecified atom stereocenters. The van der Waals surface area contributed by atoms with Gasteiger partial charge in [-0.1, -0.05) is 54.6 Å². The van der Waals surface area contributed by atoms with E-state index in [1.807, 2.05) is 0 Å². The van der Waals surface area contributed by atoms with Crippen molar-refractivity contribution in [2.75, 3.05) is 6.67 Å². The van der Waals surface area contributed by atoms with Crippen LogP contribution >= 0.6 is 0 Å². The first-order valence-electron chi connectivity index (χ1n) is 8.79. The molecule has 0 atom stereocenters. The van der Waals surface area contributed by atoms with Gasteiger partial charge in [0.25, 0.3) is 0 Å². The number of hydrazone groups is 1. The van der Waals surface area contributed by atoms with Crippen molar-refractivity contribution >= 4 is 23.7 Å². The average molecular weight is 415 g/mol. The molecule has 3 rings (SSSR count). The number of benzene rings is 2. The van der Waals surface area contributed by atoms with E-state index in [1.165, 1.54) is 12.1 Å². The minimum atomic E-state index is -4.77. The zero-order chi connectivity index (χ0) is 21.7. The largest absolute Gasteiger partial charge is 0.477 e. The highest BCUT2D eigenvalue weighted by Gasteiger charge is 2.40. The van der Waals surface area contributed by atoms with Crippen LogP contribution in [0.5, 0.6) is 0 Å². The zero-order valence-electron chi connectivity index (χ0n) is 15.5. The van der Waals surface area contributed by atoms with E-state index in [9.17, 15) is 27.9 Å². The predicted molar refractivity (Wildman–Crippen MR) is 104 cm³/mol. The lowest BCUT2D eigenvalue weighted by molar-refractivity contribution is -0.130. The third-order valence-corrected chi connectivity index (χ3v) is 4.31. The molecule has 0 radical (unpaired) electrons. The van der Waals surface area contributed by atoms with Crippen molar-refractivity contribution in [3.63, 3.8) is 0 Å². The maximum Gasteiger partial charge on any atom is 0.433 e. The molecular formula is C21H16F3N3O3. The standard InChI is InChI=1S/C21H16F3N3O3/c22-21(23,24)19-11-17(14-6-2-1-3-7-14)25-13-27(19)26-18(20(29)30)10-15-8-4-5-9-16(15)12-28/h1-9,11-12H,10,13H2,(H,29,30)/b26-18+. The van der Waals surface area contributed by atoms with Gasteiger partial charge in [0.15, 0.2) is 0 Å². The molecule has 9 heteroatoms. The Morgan fingerprint density at radius 3 is 2.43 bits per heavy atom. The van der Waals surface area contributed by atoms with Gasteiger partial charge in [0.05, 0.1) is 5.71 Å². The molecule has 1 N–H and O–H groups in total. The van der Waals surface area contributed by atoms with Crippen molar-refractivity contribution in [1.29, 1.82) is 0 Å². The lowest BCUT2D eigenvalue weighted by atomic mass is 10.0. The normalized spacial score (nSPS) is 14.8. The van der Waals surface area contributed by atoms with Gasteiger partial charge in [-0.25, -0.2) is 9.80 Å². The summed E-state index contributed by atoms with van der Waals surface area (Å²) >= 11 is 0. The molecule has 1 heterocycles. The van der Waals surface area contributed by atoms with Gasteiger partial charge in [-0.05, 0) is 17.2 Å². The van der Waals surface area contributed by atoms with Crippen molar-refractivity contribution in [2.24, 2.45) is 10.1 Å². The van der Waals surface area contributed by atoms with Crippen molar-refractivity contribution in [3.8, 4) is 0 Å². The summed E-state index contributed by atoms with van der Waals surface area (Å²) in [6, 6.07) is 14.5. The van der Waals surface area contributed by atoms with Crippen LogP contribution in [0.15, 0.2) is 76.5 Å². The molecule has 1 aliphatic rings. The second-order valence-electron chi connectivity index (χ2n) is 6.32. The fraction of sp³-hybridized carbons (Fsp3) is 0.143. The number of halogens is 3. The van der Waals surface area contributed by atoms with Crippen molar-refractivity contribution < 1.29 is 27.9 Å². The Morgan fingerprint density at radius 2 is 1.80 bits per heavy atom. The molecule has 0 spiro atoms. The van der Waals surface area contributed by atoms with Gasteiger partial charge in [0.2, 0.25) is 0 Å². The molecule has 30 heavy (non-hydrogen) atoms. The van der Waals surface area contributed by atoms with E-state index in [0.717, 1.165) is 6.08 Å². The Morgan fingerprint density at radius 1 is 1.13 bits per heavy atom. The van der Waals surface area contributed by atoms with Crippen molar-refractivity contribution in [3.05, 3.63) is 83.1 Å². The van der Waals surface area contributed by atoms with Gasteiger partial charge >= 0.3 is 12.1 Å². The Hall–Kier alpha value is -3.75. The predicted octanol–water partition coefficient (Wildman–Crippen LogP) is 3.69. The highest BCUT2D eigenvalue weighted by atomic mass is 19.4. The number of carbonyl (C=O) groups excluding carboxylic acids is 1. The fourth-order valence-corrected chi connectivity index (χ4v) is 2.86. The second-order valence-corrected chi connectivity index (χ2v) is 6.32. The van der Waals surface area contributed by atoms with E-state index in [2.05, 4.69) is 10.1 Å². The average Bonchev–Trinajstić information content (AvgIpc) is 2.73. The highest BCUT2D eigenvalue weighted by molar-refractivity contribution is 6.36. The van der Waals surface area contributed by atoms with E-state index in [0.29, 0.717) is 22.4 Å². The number of nitrogens with zero attached hydrogens (tertiary/aromatic N) is 3. The number of aliphatic carboxylic acids is 1. The molecule has 0 saturated carbocycles. The third kappa shape index (κ3) is 4.80. The quantitative estimate of drug-likeness (QED) is 0.576. The summed E-state index contributed by atoms with van der Waals surface area (Å²) in [4.78, 5) is 26.9. The van der Waals surface area contributed by atoms with E-state index >= 15 is 0 Å². The minimum absolute atomic E-state index is 0.123. The molecule has 0 saturated heterocycles. The maximum atomic E-state index is 13.6. The number of hydrogen-bond donors (Lipinski definition) is 1. The van der Waals surface area contributed by atoms with E-state index in [-0.39, 0.29) is 17.7 Å². The molecule has 0 aromatic heterocycles. The lowest BCUT2D eigenvalue weighted by Crippen LogP contribution is -2.34. The van der Waals surface area contributed by atoms with Crippen LogP contribution in [-0.2, 0) is 11.2 Å². The van der Waals surface area contributed by atoms with Crippen LogP contribution in [0, 0.1) is 0 Å². The fourth-order valence-electron chi connectivity index (χ4n) is 2.86. The SMILES string of the molecule is O=Cc1ccccc1C/C(=N\N1CN=C(c2ccccc2)C=C1C(F)(F)F)C(=O)O. The van der Waals surface area contributed by atoms with E-state index in [1.54, 1.807) is 42.5 Å². The number of aldehydes is 1. The topological polar surface area (TPSA) is 82.3 Å². The van der Waals surface area contributed by atoms with Gasteiger partial charge in [0.1, 0.15) is 24.4 Å². The lowest BCUT2D eigenvalue weighted by Gasteiger charge is -2.26. The first kappa shape index (κ1) is 21.0. The van der Waals surface area contributed by atoms with Crippen LogP contribution < -0.4 is 0 Å². The van der Waals surface area contributed by atoms with E-state index < -0.39 is 30.2 Å². The Labute approximate surface area is 169 Å². The second kappa shape index (κ2) is 8.73. The molecule has 0 bridgehead atoms. The minimum Gasteiger partial charge on any atom is -0.477 e. The molecule has 0 aliphatic carbocycles. The molecule has 0 fully saturated rings. The van der Waals surface area contributed by atoms with Crippen LogP contribution in [-0.4, -0.2) is 46.6 Å². The van der Waals surface area contributed by atoms with Gasteiger partial charge in [-0.3, -0.25) is 9.79 Å². The molecule has 6 nitrogen and oxygen atoms in total.